The van der Waals surface area contributed by atoms with Crippen molar-refractivity contribution in [3.63, 3.8) is 0 Å². The Morgan fingerprint density at radius 3 is 3.10 bits per heavy atom. The molecule has 3 aromatic heterocycles. The lowest BCUT2D eigenvalue weighted by Crippen LogP contribution is -2.02. The Hall–Kier alpha value is -2.44. The van der Waals surface area contributed by atoms with Crippen LogP contribution >= 0.6 is 0 Å². The number of aryl methyl sites for hydroxylation is 1. The third-order valence-electron chi connectivity index (χ3n) is 3.54. The monoisotopic (exact) mass is 271 g/mol. The number of hydrogen-bond donors (Lipinski definition) is 0. The van der Waals surface area contributed by atoms with Gasteiger partial charge in [0, 0.05) is 18.2 Å². The predicted molar refractivity (Wildman–Crippen MR) is 67.8 cm³/mol. The van der Waals surface area contributed by atoms with E-state index in [9.17, 15) is 0 Å². The minimum Gasteiger partial charge on any atom is -0.468 e. The molecular formula is C13H13N5O2. The summed E-state index contributed by atoms with van der Waals surface area (Å²) in [5.74, 6) is 2.16. The van der Waals surface area contributed by atoms with Crippen LogP contribution in [-0.4, -0.2) is 25.1 Å². The normalized spacial score (nSPS) is 14.4. The zero-order chi connectivity index (χ0) is 13.4. The van der Waals surface area contributed by atoms with Crippen molar-refractivity contribution in [1.82, 2.24) is 25.1 Å². The first-order valence-electron chi connectivity index (χ1n) is 6.66. The van der Waals surface area contributed by atoms with Crippen molar-refractivity contribution in [3.05, 3.63) is 35.8 Å². The van der Waals surface area contributed by atoms with E-state index >= 15 is 0 Å². The van der Waals surface area contributed by atoms with Crippen LogP contribution in [0.4, 0.5) is 0 Å². The van der Waals surface area contributed by atoms with Crippen LogP contribution in [-0.2, 0) is 19.4 Å². The van der Waals surface area contributed by atoms with Gasteiger partial charge in [0.15, 0.2) is 5.82 Å². The Balaban J connectivity index is 1.63. The molecule has 0 saturated heterocycles. The summed E-state index contributed by atoms with van der Waals surface area (Å²) in [5.41, 5.74) is 2.14. The Labute approximate surface area is 114 Å². The Morgan fingerprint density at radius 2 is 2.20 bits per heavy atom. The molecule has 0 atom stereocenters. The Morgan fingerprint density at radius 1 is 1.25 bits per heavy atom. The van der Waals surface area contributed by atoms with Crippen LogP contribution < -0.4 is 0 Å². The Bertz CT molecular complexity index is 713. The van der Waals surface area contributed by atoms with E-state index in [0.717, 1.165) is 24.2 Å². The molecule has 4 rings (SSSR count). The van der Waals surface area contributed by atoms with Crippen LogP contribution in [0.3, 0.4) is 0 Å². The summed E-state index contributed by atoms with van der Waals surface area (Å²) in [4.78, 5) is 4.41. The van der Waals surface area contributed by atoms with Gasteiger partial charge in [0.05, 0.1) is 11.8 Å². The van der Waals surface area contributed by atoms with E-state index in [0.29, 0.717) is 18.3 Å². The maximum atomic E-state index is 5.60. The van der Waals surface area contributed by atoms with Gasteiger partial charge in [-0.05, 0) is 19.3 Å². The van der Waals surface area contributed by atoms with Gasteiger partial charge in [0.1, 0.15) is 18.6 Å². The van der Waals surface area contributed by atoms with E-state index in [1.807, 2.05) is 0 Å². The zero-order valence-electron chi connectivity index (χ0n) is 10.8. The smallest absolute Gasteiger partial charge is 0.261 e. The zero-order valence-corrected chi connectivity index (χ0v) is 10.8. The van der Waals surface area contributed by atoms with Crippen LogP contribution in [0.15, 0.2) is 27.6 Å². The summed E-state index contributed by atoms with van der Waals surface area (Å²) in [6.07, 6.45) is 9.48. The van der Waals surface area contributed by atoms with Crippen LogP contribution in [0.2, 0.25) is 0 Å². The third-order valence-corrected chi connectivity index (χ3v) is 3.54. The lowest BCUT2D eigenvalue weighted by atomic mass is 9.95. The summed E-state index contributed by atoms with van der Waals surface area (Å²) in [6, 6.07) is 0. The van der Waals surface area contributed by atoms with Crippen LogP contribution in [0.25, 0.3) is 11.5 Å². The molecule has 1 aliphatic rings. The van der Waals surface area contributed by atoms with Crippen molar-refractivity contribution in [1.29, 1.82) is 0 Å². The fourth-order valence-electron chi connectivity index (χ4n) is 2.56. The SMILES string of the molecule is c1cn(Cc2noc(-c3coc4c3CCCC4)n2)nn1. The molecule has 0 aromatic carbocycles. The quantitative estimate of drug-likeness (QED) is 0.723. The molecular weight excluding hydrogens is 258 g/mol. The minimum absolute atomic E-state index is 0.448. The summed E-state index contributed by atoms with van der Waals surface area (Å²) < 4.78 is 12.6. The number of rotatable bonds is 3. The average Bonchev–Trinajstić information content (AvgIpc) is 3.18. The maximum absolute atomic E-state index is 5.60. The number of fused-ring (bicyclic) bond motifs is 1. The minimum atomic E-state index is 0.448. The third kappa shape index (κ3) is 1.91. The topological polar surface area (TPSA) is 82.8 Å². The molecule has 20 heavy (non-hydrogen) atoms. The van der Waals surface area contributed by atoms with Crippen molar-refractivity contribution in [2.75, 3.05) is 0 Å². The lowest BCUT2D eigenvalue weighted by Gasteiger charge is -2.09. The highest BCUT2D eigenvalue weighted by Crippen LogP contribution is 2.32. The molecule has 0 unspecified atom stereocenters. The number of hydrogen-bond acceptors (Lipinski definition) is 6. The molecule has 3 aromatic rings. The van der Waals surface area contributed by atoms with Gasteiger partial charge in [-0.2, -0.15) is 4.98 Å². The predicted octanol–water partition coefficient (Wildman–Crippen LogP) is 1.85. The number of aromatic nitrogens is 5. The highest BCUT2D eigenvalue weighted by atomic mass is 16.5. The fourth-order valence-corrected chi connectivity index (χ4v) is 2.56. The number of furan rings is 1. The lowest BCUT2D eigenvalue weighted by molar-refractivity contribution is 0.417. The molecule has 0 bridgehead atoms. The highest BCUT2D eigenvalue weighted by Gasteiger charge is 2.22. The standard InChI is InChI=1S/C13H13N5O2/c1-2-4-11-9(3-1)10(8-19-11)13-15-12(16-20-13)7-18-6-5-14-17-18/h5-6,8H,1-4,7H2. The molecule has 7 nitrogen and oxygen atoms in total. The number of nitrogens with zero attached hydrogens (tertiary/aromatic N) is 5. The van der Waals surface area contributed by atoms with Crippen LogP contribution in [0.1, 0.15) is 30.0 Å². The summed E-state index contributed by atoms with van der Waals surface area (Å²) >= 11 is 0. The van der Waals surface area contributed by atoms with Gasteiger partial charge in [-0.3, -0.25) is 0 Å². The molecule has 7 heteroatoms. The van der Waals surface area contributed by atoms with E-state index in [-0.39, 0.29) is 0 Å². The van der Waals surface area contributed by atoms with Crippen molar-refractivity contribution >= 4 is 0 Å². The summed E-state index contributed by atoms with van der Waals surface area (Å²) in [7, 11) is 0. The molecule has 0 N–H and O–H groups in total. The van der Waals surface area contributed by atoms with E-state index in [4.69, 9.17) is 8.94 Å². The second-order valence-electron chi connectivity index (χ2n) is 4.87. The van der Waals surface area contributed by atoms with Gasteiger partial charge in [-0.1, -0.05) is 10.4 Å². The van der Waals surface area contributed by atoms with Gasteiger partial charge in [-0.25, -0.2) is 4.68 Å². The van der Waals surface area contributed by atoms with Gasteiger partial charge < -0.3 is 8.94 Å². The molecule has 0 spiro atoms. The van der Waals surface area contributed by atoms with E-state index in [1.54, 1.807) is 23.3 Å². The molecule has 0 radical (unpaired) electrons. The van der Waals surface area contributed by atoms with Gasteiger partial charge >= 0.3 is 0 Å². The summed E-state index contributed by atoms with van der Waals surface area (Å²) in [6.45, 7) is 0.448. The van der Waals surface area contributed by atoms with Crippen molar-refractivity contribution in [3.8, 4) is 11.5 Å². The molecule has 3 heterocycles. The van der Waals surface area contributed by atoms with E-state index < -0.39 is 0 Å². The first-order valence-corrected chi connectivity index (χ1v) is 6.66. The molecule has 0 amide bonds. The largest absolute Gasteiger partial charge is 0.468 e. The first-order chi connectivity index (χ1) is 9.90. The van der Waals surface area contributed by atoms with Gasteiger partial charge in [0.25, 0.3) is 5.89 Å². The molecule has 0 fully saturated rings. The van der Waals surface area contributed by atoms with Crippen molar-refractivity contribution in [2.45, 2.75) is 32.2 Å². The average molecular weight is 271 g/mol. The van der Waals surface area contributed by atoms with Crippen LogP contribution in [0, 0.1) is 0 Å². The molecule has 102 valence electrons. The molecule has 0 aliphatic heterocycles. The second-order valence-corrected chi connectivity index (χ2v) is 4.87. The maximum Gasteiger partial charge on any atom is 0.261 e. The second kappa shape index (κ2) is 4.59. The van der Waals surface area contributed by atoms with E-state index in [1.165, 1.54) is 18.4 Å². The molecule has 0 saturated carbocycles. The summed E-state index contributed by atoms with van der Waals surface area (Å²) in [5, 5.41) is 11.6. The first kappa shape index (κ1) is 11.4. The Kier molecular flexibility index (Phi) is 2.61. The highest BCUT2D eigenvalue weighted by molar-refractivity contribution is 5.59. The van der Waals surface area contributed by atoms with Gasteiger partial charge in [-0.15, -0.1) is 5.10 Å². The van der Waals surface area contributed by atoms with Gasteiger partial charge in [0.2, 0.25) is 0 Å². The van der Waals surface area contributed by atoms with Crippen molar-refractivity contribution < 1.29 is 8.94 Å². The van der Waals surface area contributed by atoms with Crippen LogP contribution in [0.5, 0.6) is 0 Å². The van der Waals surface area contributed by atoms with E-state index in [2.05, 4.69) is 20.5 Å². The fraction of sp³-hybridized carbons (Fsp3) is 0.385. The molecule has 1 aliphatic carbocycles. The van der Waals surface area contributed by atoms with Crippen molar-refractivity contribution in [2.24, 2.45) is 0 Å².